The Morgan fingerprint density at radius 3 is 2.78 bits per heavy atom. The number of nitrogen functional groups attached to an aromatic ring is 1. The molecule has 0 aliphatic rings. The van der Waals surface area contributed by atoms with Gasteiger partial charge in [0, 0.05) is 11.5 Å². The zero-order valence-corrected chi connectivity index (χ0v) is 10.9. The first-order valence-corrected chi connectivity index (χ1v) is 6.07. The molecule has 1 aromatic heterocycles. The van der Waals surface area contributed by atoms with E-state index in [0.717, 1.165) is 29.0 Å². The molecule has 0 fully saturated rings. The van der Waals surface area contributed by atoms with E-state index in [-0.39, 0.29) is 0 Å². The van der Waals surface area contributed by atoms with Crippen molar-refractivity contribution in [2.24, 2.45) is 0 Å². The summed E-state index contributed by atoms with van der Waals surface area (Å²) in [5.41, 5.74) is 8.57. The van der Waals surface area contributed by atoms with Crippen LogP contribution < -0.4 is 10.5 Å². The summed E-state index contributed by atoms with van der Waals surface area (Å²) < 4.78 is 10.5. The summed E-state index contributed by atoms with van der Waals surface area (Å²) in [5, 5.41) is 4.08. The van der Waals surface area contributed by atoms with Gasteiger partial charge in [0.1, 0.15) is 5.75 Å². The molecule has 0 saturated carbocycles. The molecule has 1 heterocycles. The van der Waals surface area contributed by atoms with Gasteiger partial charge in [-0.25, -0.2) is 0 Å². The summed E-state index contributed by atoms with van der Waals surface area (Å²) in [4.78, 5) is 0. The van der Waals surface area contributed by atoms with E-state index in [1.54, 1.807) is 7.11 Å². The molecule has 0 saturated heterocycles. The first-order valence-electron chi connectivity index (χ1n) is 6.07. The molecule has 2 N–H and O–H groups in total. The fraction of sp³-hybridized carbons (Fsp3) is 0.357. The van der Waals surface area contributed by atoms with Crippen molar-refractivity contribution < 1.29 is 9.26 Å². The highest BCUT2D eigenvalue weighted by molar-refractivity contribution is 5.80. The summed E-state index contributed by atoms with van der Waals surface area (Å²) in [6.07, 6.45) is 0.980. The Hall–Kier alpha value is -1.97. The highest BCUT2D eigenvalue weighted by Gasteiger charge is 2.21. The molecule has 0 amide bonds. The van der Waals surface area contributed by atoms with Crippen LogP contribution in [0, 0.1) is 0 Å². The van der Waals surface area contributed by atoms with E-state index < -0.39 is 0 Å². The minimum Gasteiger partial charge on any atom is -0.496 e. The van der Waals surface area contributed by atoms with E-state index >= 15 is 0 Å². The van der Waals surface area contributed by atoms with Gasteiger partial charge in [0.25, 0.3) is 0 Å². The molecular formula is C14H18N2O2. The predicted molar refractivity (Wildman–Crippen MR) is 71.6 cm³/mol. The van der Waals surface area contributed by atoms with Crippen LogP contribution in [0.25, 0.3) is 11.1 Å². The van der Waals surface area contributed by atoms with Gasteiger partial charge in [0.15, 0.2) is 0 Å². The Kier molecular flexibility index (Phi) is 3.55. The van der Waals surface area contributed by atoms with Gasteiger partial charge >= 0.3 is 0 Å². The molecule has 4 nitrogen and oxygen atoms in total. The van der Waals surface area contributed by atoms with E-state index in [4.69, 9.17) is 15.0 Å². The SMILES string of the molecule is CCC(C)c1noc(N)c1-c1ccccc1OC. The molecule has 0 radical (unpaired) electrons. The normalized spacial score (nSPS) is 12.4. The van der Waals surface area contributed by atoms with Crippen LogP contribution in [0.15, 0.2) is 28.8 Å². The zero-order chi connectivity index (χ0) is 13.1. The molecular weight excluding hydrogens is 228 g/mol. The quantitative estimate of drug-likeness (QED) is 0.897. The van der Waals surface area contributed by atoms with Crippen LogP contribution in [0.5, 0.6) is 5.75 Å². The molecule has 96 valence electrons. The number of para-hydroxylation sites is 1. The van der Waals surface area contributed by atoms with Gasteiger partial charge in [0.2, 0.25) is 5.88 Å². The molecule has 1 atom stereocenters. The van der Waals surface area contributed by atoms with Gasteiger partial charge in [0.05, 0.1) is 18.4 Å². The Balaban J connectivity index is 2.59. The molecule has 0 spiro atoms. The number of ether oxygens (including phenoxy) is 1. The number of hydrogen-bond acceptors (Lipinski definition) is 4. The van der Waals surface area contributed by atoms with Crippen molar-refractivity contribution in [2.45, 2.75) is 26.2 Å². The topological polar surface area (TPSA) is 61.3 Å². The average molecular weight is 246 g/mol. The minimum atomic E-state index is 0.297. The van der Waals surface area contributed by atoms with E-state index in [0.29, 0.717) is 11.8 Å². The number of nitrogens with two attached hydrogens (primary N) is 1. The molecule has 4 heteroatoms. The van der Waals surface area contributed by atoms with Crippen LogP contribution in [0.3, 0.4) is 0 Å². The highest BCUT2D eigenvalue weighted by atomic mass is 16.5. The lowest BCUT2D eigenvalue weighted by Gasteiger charge is -2.10. The molecule has 1 aromatic carbocycles. The molecule has 1 unspecified atom stereocenters. The van der Waals surface area contributed by atoms with Crippen LogP contribution in [-0.4, -0.2) is 12.3 Å². The first kappa shape index (κ1) is 12.5. The Labute approximate surface area is 107 Å². The van der Waals surface area contributed by atoms with Crippen LogP contribution in [-0.2, 0) is 0 Å². The standard InChI is InChI=1S/C14H18N2O2/c1-4-9(2)13-12(14(15)18-16-13)10-7-5-6-8-11(10)17-3/h5-9H,4,15H2,1-3H3. The highest BCUT2D eigenvalue weighted by Crippen LogP contribution is 2.39. The van der Waals surface area contributed by atoms with Crippen molar-refractivity contribution in [1.82, 2.24) is 5.16 Å². The van der Waals surface area contributed by atoms with Gasteiger partial charge < -0.3 is 15.0 Å². The second-order valence-electron chi connectivity index (χ2n) is 4.32. The van der Waals surface area contributed by atoms with Crippen LogP contribution >= 0.6 is 0 Å². The number of rotatable bonds is 4. The van der Waals surface area contributed by atoms with Gasteiger partial charge in [-0.2, -0.15) is 0 Å². The van der Waals surface area contributed by atoms with Crippen molar-refractivity contribution in [1.29, 1.82) is 0 Å². The molecule has 0 aliphatic carbocycles. The second kappa shape index (κ2) is 5.12. The summed E-state index contributed by atoms with van der Waals surface area (Å²) in [7, 11) is 1.64. The van der Waals surface area contributed by atoms with E-state index in [9.17, 15) is 0 Å². The van der Waals surface area contributed by atoms with Crippen molar-refractivity contribution in [3.63, 3.8) is 0 Å². The summed E-state index contributed by atoms with van der Waals surface area (Å²) in [5.74, 6) is 1.41. The fourth-order valence-corrected chi connectivity index (χ4v) is 1.97. The van der Waals surface area contributed by atoms with Crippen molar-refractivity contribution in [3.8, 4) is 16.9 Å². The number of hydrogen-bond donors (Lipinski definition) is 1. The first-order chi connectivity index (χ1) is 8.69. The third kappa shape index (κ3) is 2.06. The molecule has 2 rings (SSSR count). The minimum absolute atomic E-state index is 0.297. The second-order valence-corrected chi connectivity index (χ2v) is 4.32. The fourth-order valence-electron chi connectivity index (χ4n) is 1.97. The Bertz CT molecular complexity index is 534. The summed E-state index contributed by atoms with van der Waals surface area (Å²) >= 11 is 0. The van der Waals surface area contributed by atoms with Crippen LogP contribution in [0.4, 0.5) is 5.88 Å². The van der Waals surface area contributed by atoms with Crippen molar-refractivity contribution >= 4 is 5.88 Å². The van der Waals surface area contributed by atoms with E-state index in [2.05, 4.69) is 19.0 Å². The van der Waals surface area contributed by atoms with Gasteiger partial charge in [-0.3, -0.25) is 0 Å². The third-order valence-corrected chi connectivity index (χ3v) is 3.20. The number of nitrogens with zero attached hydrogens (tertiary/aromatic N) is 1. The van der Waals surface area contributed by atoms with Crippen LogP contribution in [0.2, 0.25) is 0 Å². The lowest BCUT2D eigenvalue weighted by molar-refractivity contribution is 0.416. The lowest BCUT2D eigenvalue weighted by atomic mass is 9.96. The van der Waals surface area contributed by atoms with Crippen LogP contribution in [0.1, 0.15) is 31.9 Å². The third-order valence-electron chi connectivity index (χ3n) is 3.20. The Morgan fingerprint density at radius 2 is 2.11 bits per heavy atom. The van der Waals surface area contributed by atoms with E-state index in [1.807, 2.05) is 24.3 Å². The van der Waals surface area contributed by atoms with Crippen molar-refractivity contribution in [2.75, 3.05) is 12.8 Å². The van der Waals surface area contributed by atoms with Crippen molar-refractivity contribution in [3.05, 3.63) is 30.0 Å². The molecule has 0 aliphatic heterocycles. The smallest absolute Gasteiger partial charge is 0.230 e. The summed E-state index contributed by atoms with van der Waals surface area (Å²) in [6, 6.07) is 7.75. The van der Waals surface area contributed by atoms with Gasteiger partial charge in [-0.15, -0.1) is 0 Å². The van der Waals surface area contributed by atoms with E-state index in [1.165, 1.54) is 0 Å². The number of methoxy groups -OCH3 is 1. The maximum atomic E-state index is 5.90. The lowest BCUT2D eigenvalue weighted by Crippen LogP contribution is -1.97. The maximum absolute atomic E-state index is 5.90. The zero-order valence-electron chi connectivity index (χ0n) is 10.9. The average Bonchev–Trinajstić information content (AvgIpc) is 2.79. The number of anilines is 1. The predicted octanol–water partition coefficient (Wildman–Crippen LogP) is 3.45. The number of benzene rings is 1. The largest absolute Gasteiger partial charge is 0.496 e. The molecule has 18 heavy (non-hydrogen) atoms. The monoisotopic (exact) mass is 246 g/mol. The maximum Gasteiger partial charge on any atom is 0.230 e. The Morgan fingerprint density at radius 1 is 1.39 bits per heavy atom. The summed E-state index contributed by atoms with van der Waals surface area (Å²) in [6.45, 7) is 4.22. The number of aromatic nitrogens is 1. The van der Waals surface area contributed by atoms with Gasteiger partial charge in [-0.1, -0.05) is 37.2 Å². The molecule has 2 aromatic rings. The van der Waals surface area contributed by atoms with Gasteiger partial charge in [-0.05, 0) is 12.5 Å². The molecule has 0 bridgehead atoms.